The number of hydrogen-bond donors (Lipinski definition) is 1. The third-order valence-electron chi connectivity index (χ3n) is 5.67. The highest BCUT2D eigenvalue weighted by Crippen LogP contribution is 2.35. The summed E-state index contributed by atoms with van der Waals surface area (Å²) in [6.07, 6.45) is 4.82. The zero-order chi connectivity index (χ0) is 21.6. The first-order valence-corrected chi connectivity index (χ1v) is 12.8. The van der Waals surface area contributed by atoms with E-state index in [1.54, 1.807) is 6.07 Å². The van der Waals surface area contributed by atoms with Gasteiger partial charge in [0, 0.05) is 17.0 Å². The Labute approximate surface area is 189 Å². The highest BCUT2D eigenvalue weighted by Gasteiger charge is 2.32. The number of carbonyl (C=O) groups is 1. The Morgan fingerprint density at radius 1 is 1.10 bits per heavy atom. The van der Waals surface area contributed by atoms with Gasteiger partial charge in [-0.15, -0.1) is 11.3 Å². The molecule has 2 aromatic carbocycles. The van der Waals surface area contributed by atoms with Crippen molar-refractivity contribution in [1.82, 2.24) is 4.98 Å². The summed E-state index contributed by atoms with van der Waals surface area (Å²) < 4.78 is 28.1. The van der Waals surface area contributed by atoms with Gasteiger partial charge in [0.15, 0.2) is 5.13 Å². The molecule has 0 unspecified atom stereocenters. The lowest BCUT2D eigenvalue weighted by molar-refractivity contribution is 0.102. The van der Waals surface area contributed by atoms with Crippen LogP contribution in [-0.4, -0.2) is 25.9 Å². The summed E-state index contributed by atoms with van der Waals surface area (Å²) >= 11 is 7.76. The van der Waals surface area contributed by atoms with Crippen LogP contribution in [0.1, 0.15) is 39.3 Å². The number of rotatable bonds is 4. The molecule has 9 heteroatoms. The molecule has 0 bridgehead atoms. The number of anilines is 2. The van der Waals surface area contributed by atoms with E-state index in [4.69, 9.17) is 11.6 Å². The van der Waals surface area contributed by atoms with Gasteiger partial charge in [-0.2, -0.15) is 0 Å². The third-order valence-corrected chi connectivity index (χ3v) is 9.04. The van der Waals surface area contributed by atoms with Crippen molar-refractivity contribution in [2.24, 2.45) is 0 Å². The number of fused-ring (bicyclic) bond motifs is 2. The van der Waals surface area contributed by atoms with E-state index in [2.05, 4.69) is 10.3 Å². The minimum Gasteiger partial charge on any atom is -0.298 e. The second-order valence-corrected chi connectivity index (χ2v) is 11.0. The molecule has 1 aromatic heterocycles. The van der Waals surface area contributed by atoms with Gasteiger partial charge in [0.1, 0.15) is 4.90 Å². The van der Waals surface area contributed by atoms with Gasteiger partial charge in [0.25, 0.3) is 15.9 Å². The molecule has 5 rings (SSSR count). The molecular formula is C22H20ClN3O3S2. The van der Waals surface area contributed by atoms with Gasteiger partial charge in [-0.25, -0.2) is 13.4 Å². The van der Waals surface area contributed by atoms with Crippen molar-refractivity contribution in [2.45, 2.75) is 37.0 Å². The molecule has 0 spiro atoms. The Bertz CT molecular complexity index is 1260. The molecule has 1 aliphatic carbocycles. The van der Waals surface area contributed by atoms with Crippen molar-refractivity contribution in [3.8, 4) is 0 Å². The summed E-state index contributed by atoms with van der Waals surface area (Å²) in [5.41, 5.74) is 2.91. The minimum atomic E-state index is -3.91. The maximum atomic E-state index is 13.4. The van der Waals surface area contributed by atoms with E-state index in [1.807, 2.05) is 18.2 Å². The Morgan fingerprint density at radius 2 is 1.90 bits per heavy atom. The van der Waals surface area contributed by atoms with Crippen molar-refractivity contribution in [2.75, 3.05) is 16.2 Å². The van der Waals surface area contributed by atoms with Crippen LogP contribution in [0.15, 0.2) is 47.4 Å². The van der Waals surface area contributed by atoms with Gasteiger partial charge in [0.2, 0.25) is 0 Å². The molecule has 31 heavy (non-hydrogen) atoms. The SMILES string of the molecule is O=C(Nc1nc2c(s1)CCCC2)c1ccc(Cl)c(S(=O)(=O)N2CCc3ccccc32)c1. The first-order chi connectivity index (χ1) is 14.9. The topological polar surface area (TPSA) is 79.4 Å². The van der Waals surface area contributed by atoms with E-state index in [0.29, 0.717) is 23.8 Å². The number of carbonyl (C=O) groups excluding carboxylic acids is 1. The molecule has 2 heterocycles. The van der Waals surface area contributed by atoms with Crippen LogP contribution in [0.25, 0.3) is 0 Å². The van der Waals surface area contributed by atoms with E-state index in [9.17, 15) is 13.2 Å². The van der Waals surface area contributed by atoms with Gasteiger partial charge < -0.3 is 0 Å². The standard InChI is InChI=1S/C22H20ClN3O3S2/c23-16-10-9-15(21(27)25-22-24-17-6-2-4-8-19(17)30-22)13-20(16)31(28,29)26-12-11-14-5-1-3-7-18(14)26/h1,3,5,7,9-10,13H,2,4,6,8,11-12H2,(H,24,25,27). The van der Waals surface area contributed by atoms with Crippen LogP contribution < -0.4 is 9.62 Å². The molecule has 160 valence electrons. The molecule has 0 fully saturated rings. The number of benzene rings is 2. The van der Waals surface area contributed by atoms with E-state index >= 15 is 0 Å². The lowest BCUT2D eigenvalue weighted by Crippen LogP contribution is -2.29. The van der Waals surface area contributed by atoms with Gasteiger partial charge in [-0.3, -0.25) is 14.4 Å². The van der Waals surface area contributed by atoms with Crippen LogP contribution in [0.5, 0.6) is 0 Å². The molecular weight excluding hydrogens is 454 g/mol. The maximum absolute atomic E-state index is 13.4. The number of halogens is 1. The Balaban J connectivity index is 1.44. The Hall–Kier alpha value is -2.42. The predicted molar refractivity (Wildman–Crippen MR) is 123 cm³/mol. The number of hydrogen-bond acceptors (Lipinski definition) is 5. The number of thiazole rings is 1. The van der Waals surface area contributed by atoms with E-state index in [-0.39, 0.29) is 15.5 Å². The largest absolute Gasteiger partial charge is 0.298 e. The number of para-hydroxylation sites is 1. The second kappa shape index (κ2) is 7.93. The molecule has 0 radical (unpaired) electrons. The van der Waals surface area contributed by atoms with Crippen LogP contribution >= 0.6 is 22.9 Å². The van der Waals surface area contributed by atoms with Gasteiger partial charge >= 0.3 is 0 Å². The van der Waals surface area contributed by atoms with E-state index in [1.165, 1.54) is 38.7 Å². The minimum absolute atomic E-state index is 0.0723. The number of amides is 1. The number of nitrogens with one attached hydrogen (secondary N) is 1. The summed E-state index contributed by atoms with van der Waals surface area (Å²) in [5, 5.41) is 3.45. The third kappa shape index (κ3) is 3.73. The fourth-order valence-electron chi connectivity index (χ4n) is 4.09. The van der Waals surface area contributed by atoms with Crippen molar-refractivity contribution in [3.63, 3.8) is 0 Å². The van der Waals surface area contributed by atoms with E-state index in [0.717, 1.165) is 36.9 Å². The fraction of sp³-hybridized carbons (Fsp3) is 0.273. The Kier molecular flexibility index (Phi) is 5.24. The van der Waals surface area contributed by atoms with Gasteiger partial charge in [0.05, 0.1) is 16.4 Å². The average molecular weight is 474 g/mol. The van der Waals surface area contributed by atoms with Crippen LogP contribution in [0, 0.1) is 0 Å². The predicted octanol–water partition coefficient (Wildman–Crippen LogP) is 4.68. The average Bonchev–Trinajstić information content (AvgIpc) is 3.37. The van der Waals surface area contributed by atoms with Crippen LogP contribution in [0.4, 0.5) is 10.8 Å². The molecule has 6 nitrogen and oxygen atoms in total. The lowest BCUT2D eigenvalue weighted by Gasteiger charge is -2.20. The Morgan fingerprint density at radius 3 is 2.74 bits per heavy atom. The molecule has 3 aromatic rings. The van der Waals surface area contributed by atoms with Crippen molar-refractivity contribution in [1.29, 1.82) is 0 Å². The normalized spacial score (nSPS) is 15.5. The number of aryl methyl sites for hydroxylation is 2. The molecule has 0 saturated heterocycles. The summed E-state index contributed by atoms with van der Waals surface area (Å²) in [5.74, 6) is -0.402. The molecule has 0 atom stereocenters. The molecule has 1 amide bonds. The quantitative estimate of drug-likeness (QED) is 0.596. The molecule has 1 aliphatic heterocycles. The van der Waals surface area contributed by atoms with Crippen LogP contribution in [-0.2, 0) is 29.3 Å². The van der Waals surface area contributed by atoms with Crippen molar-refractivity contribution in [3.05, 3.63) is 69.2 Å². The maximum Gasteiger partial charge on any atom is 0.265 e. The first kappa shape index (κ1) is 20.5. The molecule has 0 saturated carbocycles. The summed E-state index contributed by atoms with van der Waals surface area (Å²) in [6, 6.07) is 11.7. The summed E-state index contributed by atoms with van der Waals surface area (Å²) in [4.78, 5) is 18.5. The zero-order valence-electron chi connectivity index (χ0n) is 16.6. The van der Waals surface area contributed by atoms with Crippen molar-refractivity contribution >= 4 is 49.7 Å². The highest BCUT2D eigenvalue weighted by molar-refractivity contribution is 7.93. The van der Waals surface area contributed by atoms with Gasteiger partial charge in [-0.1, -0.05) is 29.8 Å². The van der Waals surface area contributed by atoms with Crippen molar-refractivity contribution < 1.29 is 13.2 Å². The lowest BCUT2D eigenvalue weighted by atomic mass is 10.0. The van der Waals surface area contributed by atoms with Crippen LogP contribution in [0.3, 0.4) is 0 Å². The zero-order valence-corrected chi connectivity index (χ0v) is 19.0. The van der Waals surface area contributed by atoms with Gasteiger partial charge in [-0.05, 0) is 61.9 Å². The monoisotopic (exact) mass is 473 g/mol. The first-order valence-electron chi connectivity index (χ1n) is 10.1. The number of aromatic nitrogens is 1. The van der Waals surface area contributed by atoms with Crippen LogP contribution in [0.2, 0.25) is 5.02 Å². The molecule has 2 aliphatic rings. The van der Waals surface area contributed by atoms with E-state index < -0.39 is 15.9 Å². The summed E-state index contributed by atoms with van der Waals surface area (Å²) in [7, 11) is -3.91. The highest BCUT2D eigenvalue weighted by atomic mass is 35.5. The smallest absolute Gasteiger partial charge is 0.265 e. The second-order valence-electron chi connectivity index (χ2n) is 7.65. The fourth-order valence-corrected chi connectivity index (χ4v) is 7.14. The number of nitrogens with zero attached hydrogens (tertiary/aromatic N) is 2. The summed E-state index contributed by atoms with van der Waals surface area (Å²) in [6.45, 7) is 0.346. The number of sulfonamides is 1. The molecule has 1 N–H and O–H groups in total.